The Hall–Kier alpha value is -3.36. The second kappa shape index (κ2) is 10.3. The number of halogens is 2. The summed E-state index contributed by atoms with van der Waals surface area (Å²) in [5.41, 5.74) is 4.46. The lowest BCUT2D eigenvalue weighted by Gasteiger charge is -2.11. The maximum atomic E-state index is 14.1. The monoisotopic (exact) mass is 496 g/mol. The van der Waals surface area contributed by atoms with Crippen molar-refractivity contribution in [3.8, 4) is 0 Å². The minimum Gasteiger partial charge on any atom is -0.325 e. The quantitative estimate of drug-likeness (QED) is 0.316. The Labute approximate surface area is 205 Å². The third kappa shape index (κ3) is 5.58. The van der Waals surface area contributed by atoms with Crippen molar-refractivity contribution in [2.24, 2.45) is 0 Å². The lowest BCUT2D eigenvalue weighted by Crippen LogP contribution is -2.20. The minimum atomic E-state index is -0.617. The molecular weight excluding hydrogens is 475 g/mol. The lowest BCUT2D eigenvalue weighted by molar-refractivity contribution is -0.117. The van der Waals surface area contributed by atoms with E-state index >= 15 is 0 Å². The number of aryl methyl sites for hydroxylation is 2. The molecule has 4 aromatic rings. The molecule has 0 atom stereocenters. The number of anilines is 2. The van der Waals surface area contributed by atoms with Crippen LogP contribution in [0.15, 0.2) is 65.8 Å². The fourth-order valence-electron chi connectivity index (χ4n) is 3.39. The molecule has 9 heteroatoms. The fourth-order valence-corrected chi connectivity index (χ4v) is 4.36. The number of para-hydroxylation sites is 2. The second-order valence-electron chi connectivity index (χ2n) is 7.78. The van der Waals surface area contributed by atoms with Crippen LogP contribution in [0, 0.1) is 19.7 Å². The average molecular weight is 497 g/mol. The number of fused-ring (bicyclic) bond motifs is 1. The molecule has 0 saturated carbocycles. The minimum absolute atomic E-state index is 0.0424. The summed E-state index contributed by atoms with van der Waals surface area (Å²) in [7, 11) is 0. The van der Waals surface area contributed by atoms with Gasteiger partial charge >= 0.3 is 0 Å². The number of imidazole rings is 1. The number of carbonyl (C=O) groups excluding carboxylic acids is 2. The fraction of sp³-hybridized carbons (Fsp3) is 0.160. The summed E-state index contributed by atoms with van der Waals surface area (Å²) in [6.07, 6.45) is 0. The van der Waals surface area contributed by atoms with E-state index in [-0.39, 0.29) is 28.9 Å². The molecule has 0 spiro atoms. The number of nitrogens with one attached hydrogen (secondary N) is 2. The van der Waals surface area contributed by atoms with Gasteiger partial charge in [-0.05, 0) is 67.4 Å². The van der Waals surface area contributed by atoms with Gasteiger partial charge in [-0.25, -0.2) is 9.37 Å². The number of thioether (sulfide) groups is 1. The highest BCUT2D eigenvalue weighted by atomic mass is 35.5. The molecule has 0 aliphatic rings. The van der Waals surface area contributed by atoms with Gasteiger partial charge < -0.3 is 15.2 Å². The topological polar surface area (TPSA) is 76.0 Å². The molecule has 0 radical (unpaired) electrons. The van der Waals surface area contributed by atoms with Crippen LogP contribution in [-0.4, -0.2) is 27.1 Å². The largest absolute Gasteiger partial charge is 0.325 e. The van der Waals surface area contributed by atoms with Gasteiger partial charge in [0.25, 0.3) is 0 Å². The molecule has 6 nitrogen and oxygen atoms in total. The van der Waals surface area contributed by atoms with Crippen LogP contribution >= 0.6 is 23.4 Å². The Balaban J connectivity index is 1.48. The standard InChI is InChI=1S/C25H22ClFN4O2S/c1-15-7-9-18(11-16(15)2)28-24(33)14-34-25-30-21-5-3-4-6-22(21)31(25)13-23(32)29-20-10-8-17(26)12-19(20)27/h3-12H,13-14H2,1-2H3,(H,28,33)(H,29,32). The van der Waals surface area contributed by atoms with E-state index in [0.717, 1.165) is 28.4 Å². The van der Waals surface area contributed by atoms with Crippen LogP contribution in [-0.2, 0) is 16.1 Å². The molecule has 34 heavy (non-hydrogen) atoms. The van der Waals surface area contributed by atoms with Crippen LogP contribution in [0.1, 0.15) is 11.1 Å². The van der Waals surface area contributed by atoms with Crippen molar-refractivity contribution >= 4 is 57.6 Å². The molecule has 2 amide bonds. The average Bonchev–Trinajstić information content (AvgIpc) is 3.14. The van der Waals surface area contributed by atoms with Crippen molar-refractivity contribution in [3.05, 3.63) is 82.6 Å². The van der Waals surface area contributed by atoms with Crippen LogP contribution in [0.5, 0.6) is 0 Å². The Morgan fingerprint density at radius 2 is 1.79 bits per heavy atom. The molecule has 3 aromatic carbocycles. The molecule has 1 aromatic heterocycles. The summed E-state index contributed by atoms with van der Waals surface area (Å²) < 4.78 is 15.8. The SMILES string of the molecule is Cc1ccc(NC(=O)CSc2nc3ccccc3n2CC(=O)Nc2ccc(Cl)cc2F)cc1C. The number of benzene rings is 3. The highest BCUT2D eigenvalue weighted by Crippen LogP contribution is 2.25. The van der Waals surface area contributed by atoms with Crippen LogP contribution in [0.25, 0.3) is 11.0 Å². The molecule has 2 N–H and O–H groups in total. The molecule has 174 valence electrons. The number of hydrogen-bond donors (Lipinski definition) is 2. The maximum absolute atomic E-state index is 14.1. The van der Waals surface area contributed by atoms with Gasteiger partial charge in [0.1, 0.15) is 12.4 Å². The third-order valence-electron chi connectivity index (χ3n) is 5.25. The van der Waals surface area contributed by atoms with E-state index in [1.54, 1.807) is 4.57 Å². The Morgan fingerprint density at radius 3 is 2.56 bits per heavy atom. The maximum Gasteiger partial charge on any atom is 0.244 e. The Kier molecular flexibility index (Phi) is 7.19. The number of rotatable bonds is 7. The summed E-state index contributed by atoms with van der Waals surface area (Å²) in [6, 6.07) is 17.2. The molecule has 0 aliphatic carbocycles. The zero-order chi connectivity index (χ0) is 24.2. The van der Waals surface area contributed by atoms with E-state index in [1.165, 1.54) is 23.9 Å². The first-order valence-corrected chi connectivity index (χ1v) is 11.9. The Bertz CT molecular complexity index is 1390. The summed E-state index contributed by atoms with van der Waals surface area (Å²) in [5.74, 6) is -1.11. The van der Waals surface area contributed by atoms with Gasteiger partial charge in [-0.2, -0.15) is 0 Å². The van der Waals surface area contributed by atoms with Crippen LogP contribution in [0.3, 0.4) is 0 Å². The lowest BCUT2D eigenvalue weighted by atomic mass is 10.1. The van der Waals surface area contributed by atoms with Gasteiger partial charge in [-0.3, -0.25) is 9.59 Å². The van der Waals surface area contributed by atoms with E-state index in [9.17, 15) is 14.0 Å². The third-order valence-corrected chi connectivity index (χ3v) is 6.46. The van der Waals surface area contributed by atoms with Crippen molar-refractivity contribution < 1.29 is 14.0 Å². The summed E-state index contributed by atoms with van der Waals surface area (Å²) >= 11 is 7.01. The number of nitrogens with zero attached hydrogens (tertiary/aromatic N) is 2. The predicted octanol–water partition coefficient (Wildman–Crippen LogP) is 5.82. The number of carbonyl (C=O) groups is 2. The van der Waals surface area contributed by atoms with Crippen molar-refractivity contribution in [2.45, 2.75) is 25.5 Å². The van der Waals surface area contributed by atoms with Gasteiger partial charge in [-0.1, -0.05) is 41.6 Å². The molecule has 0 fully saturated rings. The van der Waals surface area contributed by atoms with E-state index in [2.05, 4.69) is 15.6 Å². The summed E-state index contributed by atoms with van der Waals surface area (Å²) in [6.45, 7) is 3.91. The number of hydrogen-bond acceptors (Lipinski definition) is 4. The highest BCUT2D eigenvalue weighted by molar-refractivity contribution is 7.99. The molecule has 0 aliphatic heterocycles. The molecule has 0 bridgehead atoms. The van der Waals surface area contributed by atoms with Gasteiger partial charge in [0.2, 0.25) is 11.8 Å². The van der Waals surface area contributed by atoms with Gasteiger partial charge in [0.05, 0.1) is 22.5 Å². The molecule has 1 heterocycles. The smallest absolute Gasteiger partial charge is 0.244 e. The van der Waals surface area contributed by atoms with E-state index in [4.69, 9.17) is 11.6 Å². The van der Waals surface area contributed by atoms with Crippen LogP contribution in [0.4, 0.5) is 15.8 Å². The number of aromatic nitrogens is 2. The first-order valence-electron chi connectivity index (χ1n) is 10.5. The molecule has 0 saturated heterocycles. The van der Waals surface area contributed by atoms with Gasteiger partial charge in [0, 0.05) is 10.7 Å². The van der Waals surface area contributed by atoms with Crippen molar-refractivity contribution in [1.29, 1.82) is 0 Å². The van der Waals surface area contributed by atoms with Crippen LogP contribution in [0.2, 0.25) is 5.02 Å². The van der Waals surface area contributed by atoms with E-state index in [1.807, 2.05) is 56.3 Å². The van der Waals surface area contributed by atoms with Gasteiger partial charge in [0.15, 0.2) is 5.16 Å². The zero-order valence-corrected chi connectivity index (χ0v) is 20.1. The van der Waals surface area contributed by atoms with Crippen molar-refractivity contribution in [1.82, 2.24) is 9.55 Å². The van der Waals surface area contributed by atoms with E-state index < -0.39 is 11.7 Å². The second-order valence-corrected chi connectivity index (χ2v) is 9.16. The number of amides is 2. The highest BCUT2D eigenvalue weighted by Gasteiger charge is 2.17. The first-order chi connectivity index (χ1) is 16.3. The van der Waals surface area contributed by atoms with Crippen molar-refractivity contribution in [3.63, 3.8) is 0 Å². The van der Waals surface area contributed by atoms with Crippen molar-refractivity contribution in [2.75, 3.05) is 16.4 Å². The predicted molar refractivity (Wildman–Crippen MR) is 135 cm³/mol. The molecule has 4 rings (SSSR count). The zero-order valence-electron chi connectivity index (χ0n) is 18.6. The summed E-state index contributed by atoms with van der Waals surface area (Å²) in [4.78, 5) is 29.8. The normalized spacial score (nSPS) is 10.9. The first kappa shape index (κ1) is 23.8. The molecule has 0 unspecified atom stereocenters. The van der Waals surface area contributed by atoms with Gasteiger partial charge in [-0.15, -0.1) is 0 Å². The van der Waals surface area contributed by atoms with E-state index in [0.29, 0.717) is 10.7 Å². The Morgan fingerprint density at radius 1 is 1.00 bits per heavy atom. The summed E-state index contributed by atoms with van der Waals surface area (Å²) in [5, 5.41) is 6.22. The molecular formula is C25H22ClFN4O2S. The van der Waals surface area contributed by atoms with Crippen LogP contribution < -0.4 is 10.6 Å².